The van der Waals surface area contributed by atoms with E-state index in [1.165, 1.54) is 10.6 Å². The Labute approximate surface area is 210 Å². The third-order valence-electron chi connectivity index (χ3n) is 5.87. The first-order chi connectivity index (χ1) is 17.4. The molecule has 0 atom stereocenters. The van der Waals surface area contributed by atoms with Crippen molar-refractivity contribution in [3.63, 3.8) is 0 Å². The van der Waals surface area contributed by atoms with Gasteiger partial charge in [0.1, 0.15) is 0 Å². The summed E-state index contributed by atoms with van der Waals surface area (Å²) in [7, 11) is 3.64. The van der Waals surface area contributed by atoms with Crippen LogP contribution in [-0.4, -0.2) is 48.8 Å². The molecule has 0 bridgehead atoms. The first kappa shape index (κ1) is 23.8. The minimum atomic E-state index is -2.64. The maximum absolute atomic E-state index is 14.0. The lowest BCUT2D eigenvalue weighted by Gasteiger charge is -2.16. The van der Waals surface area contributed by atoms with Gasteiger partial charge < -0.3 is 15.4 Å². The molecule has 36 heavy (non-hydrogen) atoms. The second-order valence-corrected chi connectivity index (χ2v) is 9.30. The summed E-state index contributed by atoms with van der Waals surface area (Å²) >= 11 is 1.71. The third kappa shape index (κ3) is 4.39. The van der Waals surface area contributed by atoms with Crippen LogP contribution in [0.3, 0.4) is 0 Å². The minimum Gasteiger partial charge on any atom is -0.472 e. The number of halogens is 2. The van der Waals surface area contributed by atoms with Crippen LogP contribution in [0.5, 0.6) is 5.88 Å². The Morgan fingerprint density at radius 2 is 2.03 bits per heavy atom. The molecule has 0 spiro atoms. The van der Waals surface area contributed by atoms with Gasteiger partial charge in [0, 0.05) is 53.5 Å². The minimum absolute atomic E-state index is 0.0199. The Balaban J connectivity index is 1.76. The number of nitrogen functional groups attached to an aromatic ring is 1. The summed E-state index contributed by atoms with van der Waals surface area (Å²) in [6.45, 7) is -0.783. The molecule has 0 amide bonds. The van der Waals surface area contributed by atoms with E-state index in [1.807, 2.05) is 31.3 Å². The number of nitrogens with two attached hydrogens (primary N) is 1. The number of alkyl halides is 2. The number of fused-ring (bicyclic) bond motifs is 2. The average molecular weight is 508 g/mol. The molecule has 2 aromatic heterocycles. The molecule has 4 aromatic rings. The van der Waals surface area contributed by atoms with E-state index >= 15 is 0 Å². The molecule has 0 unspecified atom stereocenters. The van der Waals surface area contributed by atoms with Gasteiger partial charge in [0.05, 0.1) is 17.3 Å². The van der Waals surface area contributed by atoms with Crippen LogP contribution >= 0.6 is 11.8 Å². The van der Waals surface area contributed by atoms with Crippen LogP contribution in [0, 0.1) is 0 Å². The quantitative estimate of drug-likeness (QED) is 0.297. The summed E-state index contributed by atoms with van der Waals surface area (Å²) in [5.74, 6) is 0.831. The number of hydrogen-bond donors (Lipinski definition) is 1. The number of hydrogen-bond acceptors (Lipinski definition) is 7. The largest absolute Gasteiger partial charge is 0.472 e. The molecule has 2 aromatic carbocycles. The molecule has 0 saturated heterocycles. The standard InChI is InChI=1S/C26H23F2N5O2S/c1-30-12-17-9-15(3-6-20(17)29)19-10-16-4-8-24(35-13-23(27)28)31-25(16)33(26(19)34)18-5-7-22-21(11-18)32(2)14-36-22/h3-12,23H,13-14,29H2,1-2H3. The predicted molar refractivity (Wildman–Crippen MR) is 141 cm³/mol. The molecule has 0 fully saturated rings. The lowest BCUT2D eigenvalue weighted by atomic mass is 10.0. The van der Waals surface area contributed by atoms with E-state index in [9.17, 15) is 13.6 Å². The Morgan fingerprint density at radius 3 is 2.81 bits per heavy atom. The fourth-order valence-corrected chi connectivity index (χ4v) is 5.14. The van der Waals surface area contributed by atoms with E-state index in [0.29, 0.717) is 39.1 Å². The molecule has 7 nitrogen and oxygen atoms in total. The maximum atomic E-state index is 14.0. The monoisotopic (exact) mass is 507 g/mol. The molecule has 10 heteroatoms. The zero-order valence-corrected chi connectivity index (χ0v) is 20.4. The van der Waals surface area contributed by atoms with Crippen LogP contribution in [0.1, 0.15) is 5.56 Å². The SMILES string of the molecule is CN=Cc1cc(-c2cc3ccc(OCC(F)F)nc3n(-c3ccc4c(c3)N(C)CS4)c2=O)ccc1N. The Morgan fingerprint density at radius 1 is 1.19 bits per heavy atom. The molecule has 184 valence electrons. The molecular formula is C26H23F2N5O2S. The van der Waals surface area contributed by atoms with Crippen molar-refractivity contribution in [1.29, 1.82) is 0 Å². The van der Waals surface area contributed by atoms with Gasteiger partial charge in [0.15, 0.2) is 12.3 Å². The molecular weight excluding hydrogens is 484 g/mol. The second kappa shape index (κ2) is 9.62. The molecule has 0 saturated carbocycles. The van der Waals surface area contributed by atoms with E-state index in [-0.39, 0.29) is 11.4 Å². The average Bonchev–Trinajstić information content (AvgIpc) is 3.24. The summed E-state index contributed by atoms with van der Waals surface area (Å²) in [5, 5.41) is 0.653. The van der Waals surface area contributed by atoms with Crippen molar-refractivity contribution in [3.05, 3.63) is 70.5 Å². The number of ether oxygens (including phenoxy) is 1. The van der Waals surface area contributed by atoms with Crippen molar-refractivity contribution in [1.82, 2.24) is 9.55 Å². The Bertz CT molecular complexity index is 1550. The summed E-state index contributed by atoms with van der Waals surface area (Å²) in [5.41, 5.74) is 10.1. The number of nitrogens with zero attached hydrogens (tertiary/aromatic N) is 4. The van der Waals surface area contributed by atoms with E-state index in [0.717, 1.165) is 16.5 Å². The van der Waals surface area contributed by atoms with Crippen molar-refractivity contribution in [2.75, 3.05) is 37.2 Å². The smallest absolute Gasteiger partial charge is 0.272 e. The Hall–Kier alpha value is -3.92. The zero-order valence-electron chi connectivity index (χ0n) is 19.6. The molecule has 0 radical (unpaired) electrons. The lowest BCUT2D eigenvalue weighted by Crippen LogP contribution is -2.22. The normalized spacial score (nSPS) is 13.2. The molecule has 3 heterocycles. The summed E-state index contributed by atoms with van der Waals surface area (Å²) in [6.07, 6.45) is -0.996. The topological polar surface area (TPSA) is 85.7 Å². The number of aromatic nitrogens is 2. The van der Waals surface area contributed by atoms with Gasteiger partial charge in [0.25, 0.3) is 12.0 Å². The summed E-state index contributed by atoms with van der Waals surface area (Å²) in [4.78, 5) is 25.7. The van der Waals surface area contributed by atoms with Gasteiger partial charge in [-0.05, 0) is 48.0 Å². The van der Waals surface area contributed by atoms with Crippen molar-refractivity contribution < 1.29 is 13.5 Å². The van der Waals surface area contributed by atoms with Crippen molar-refractivity contribution >= 4 is 40.4 Å². The second-order valence-electron chi connectivity index (χ2n) is 8.32. The predicted octanol–water partition coefficient (Wildman–Crippen LogP) is 4.83. The number of anilines is 2. The molecule has 0 aliphatic carbocycles. The number of aliphatic imine (C=N–C) groups is 1. The molecule has 1 aliphatic heterocycles. The highest BCUT2D eigenvalue weighted by Gasteiger charge is 2.20. The molecule has 5 rings (SSSR count). The van der Waals surface area contributed by atoms with E-state index in [4.69, 9.17) is 10.5 Å². The van der Waals surface area contributed by atoms with Gasteiger partial charge in [-0.25, -0.2) is 8.78 Å². The van der Waals surface area contributed by atoms with E-state index in [2.05, 4.69) is 14.9 Å². The lowest BCUT2D eigenvalue weighted by molar-refractivity contribution is 0.0797. The first-order valence-electron chi connectivity index (χ1n) is 11.1. The fourth-order valence-electron chi connectivity index (χ4n) is 4.14. The van der Waals surface area contributed by atoms with E-state index < -0.39 is 13.0 Å². The number of thioether (sulfide) groups is 1. The Kier molecular flexibility index (Phi) is 6.36. The fraction of sp³-hybridized carbons (Fsp3) is 0.192. The maximum Gasteiger partial charge on any atom is 0.272 e. The van der Waals surface area contributed by atoms with Crippen LogP contribution in [0.15, 0.2) is 69.3 Å². The highest BCUT2D eigenvalue weighted by atomic mass is 32.2. The highest BCUT2D eigenvalue weighted by Crippen LogP contribution is 2.39. The number of benzene rings is 2. The summed E-state index contributed by atoms with van der Waals surface area (Å²) in [6, 6.07) is 16.1. The highest BCUT2D eigenvalue weighted by molar-refractivity contribution is 7.99. The molecule has 2 N–H and O–H groups in total. The van der Waals surface area contributed by atoms with Gasteiger partial charge in [-0.3, -0.25) is 14.4 Å². The van der Waals surface area contributed by atoms with Crippen LogP contribution < -0.4 is 20.9 Å². The van der Waals surface area contributed by atoms with Crippen LogP contribution in [-0.2, 0) is 0 Å². The van der Waals surface area contributed by atoms with E-state index in [1.54, 1.807) is 49.3 Å². The van der Waals surface area contributed by atoms with Gasteiger partial charge in [-0.1, -0.05) is 6.07 Å². The summed E-state index contributed by atoms with van der Waals surface area (Å²) < 4.78 is 32.1. The van der Waals surface area contributed by atoms with Crippen LogP contribution in [0.2, 0.25) is 0 Å². The van der Waals surface area contributed by atoms with Gasteiger partial charge in [0.2, 0.25) is 5.88 Å². The van der Waals surface area contributed by atoms with Crippen LogP contribution in [0.25, 0.3) is 27.8 Å². The number of pyridine rings is 2. The van der Waals surface area contributed by atoms with Crippen LogP contribution in [0.4, 0.5) is 20.2 Å². The first-order valence-corrected chi connectivity index (χ1v) is 12.1. The number of rotatable bonds is 6. The van der Waals surface area contributed by atoms with Crippen molar-refractivity contribution in [2.24, 2.45) is 4.99 Å². The van der Waals surface area contributed by atoms with Crippen molar-refractivity contribution in [3.8, 4) is 22.7 Å². The zero-order chi connectivity index (χ0) is 25.4. The van der Waals surface area contributed by atoms with Gasteiger partial charge >= 0.3 is 0 Å². The third-order valence-corrected chi connectivity index (χ3v) is 7.05. The van der Waals surface area contributed by atoms with Crippen molar-refractivity contribution in [2.45, 2.75) is 11.3 Å². The van der Waals surface area contributed by atoms with Gasteiger partial charge in [-0.15, -0.1) is 11.8 Å². The molecule has 1 aliphatic rings. The van der Waals surface area contributed by atoms with Gasteiger partial charge in [-0.2, -0.15) is 4.98 Å².